The molecule has 0 radical (unpaired) electrons. The van der Waals surface area contributed by atoms with Crippen molar-refractivity contribution in [3.8, 4) is 6.07 Å². The second-order valence-electron chi connectivity index (χ2n) is 2.70. The lowest BCUT2D eigenvalue weighted by Crippen LogP contribution is -2.06. The predicted octanol–water partition coefficient (Wildman–Crippen LogP) is 2.89. The molecule has 0 spiro atoms. The minimum atomic E-state index is -0.598. The van der Waals surface area contributed by atoms with Gasteiger partial charge in [-0.1, -0.05) is 33.6 Å². The maximum atomic E-state index is 11.4. The van der Waals surface area contributed by atoms with Gasteiger partial charge in [0.1, 0.15) is 6.07 Å². The summed E-state index contributed by atoms with van der Waals surface area (Å²) in [6, 6.07) is 5.15. The standard InChI is InChI=1S/C10H7BrClNO2/c1-15-10(14)8-7(5-13)3-2-6(4-11)9(8)12/h2-3H,4H2,1H3. The summed E-state index contributed by atoms with van der Waals surface area (Å²) in [6.07, 6.45) is 0. The number of esters is 1. The van der Waals surface area contributed by atoms with E-state index in [0.29, 0.717) is 5.33 Å². The highest BCUT2D eigenvalue weighted by atomic mass is 79.9. The van der Waals surface area contributed by atoms with Crippen LogP contribution in [-0.2, 0) is 10.1 Å². The van der Waals surface area contributed by atoms with Crippen LogP contribution in [0.25, 0.3) is 0 Å². The number of carbonyl (C=O) groups is 1. The quantitative estimate of drug-likeness (QED) is 0.621. The number of hydrogen-bond acceptors (Lipinski definition) is 3. The summed E-state index contributed by atoms with van der Waals surface area (Å²) >= 11 is 9.23. The Labute approximate surface area is 101 Å². The number of hydrogen-bond donors (Lipinski definition) is 0. The van der Waals surface area contributed by atoms with Crippen LogP contribution in [0.15, 0.2) is 12.1 Å². The molecule has 0 saturated carbocycles. The van der Waals surface area contributed by atoms with Crippen LogP contribution in [-0.4, -0.2) is 13.1 Å². The molecule has 0 aromatic heterocycles. The van der Waals surface area contributed by atoms with Gasteiger partial charge in [0.05, 0.1) is 23.3 Å². The molecule has 0 saturated heterocycles. The van der Waals surface area contributed by atoms with Gasteiger partial charge in [0, 0.05) is 5.33 Å². The largest absolute Gasteiger partial charge is 0.465 e. The van der Waals surface area contributed by atoms with E-state index in [1.54, 1.807) is 12.1 Å². The van der Waals surface area contributed by atoms with Crippen LogP contribution < -0.4 is 0 Å². The average Bonchev–Trinajstić information content (AvgIpc) is 2.27. The van der Waals surface area contributed by atoms with E-state index in [0.717, 1.165) is 5.56 Å². The van der Waals surface area contributed by atoms with E-state index < -0.39 is 5.97 Å². The molecule has 0 fully saturated rings. The molecule has 0 heterocycles. The van der Waals surface area contributed by atoms with Crippen molar-refractivity contribution in [1.82, 2.24) is 0 Å². The second kappa shape index (κ2) is 5.15. The molecule has 5 heteroatoms. The monoisotopic (exact) mass is 287 g/mol. The van der Waals surface area contributed by atoms with E-state index in [-0.39, 0.29) is 16.1 Å². The zero-order valence-corrected chi connectivity index (χ0v) is 10.2. The number of halogens is 2. The Bertz CT molecular complexity index is 440. The first-order valence-corrected chi connectivity index (χ1v) is 5.51. The summed E-state index contributed by atoms with van der Waals surface area (Å²) in [6.45, 7) is 0. The maximum absolute atomic E-state index is 11.4. The van der Waals surface area contributed by atoms with Gasteiger partial charge in [0.25, 0.3) is 0 Å². The minimum Gasteiger partial charge on any atom is -0.465 e. The Morgan fingerprint density at radius 1 is 1.67 bits per heavy atom. The molecule has 0 atom stereocenters. The maximum Gasteiger partial charge on any atom is 0.340 e. The average molecular weight is 289 g/mol. The normalized spacial score (nSPS) is 9.47. The van der Waals surface area contributed by atoms with Crippen LogP contribution in [0.1, 0.15) is 21.5 Å². The number of alkyl halides is 1. The van der Waals surface area contributed by atoms with Gasteiger partial charge in [-0.3, -0.25) is 0 Å². The Morgan fingerprint density at radius 3 is 2.80 bits per heavy atom. The fourth-order valence-electron chi connectivity index (χ4n) is 1.12. The first-order chi connectivity index (χ1) is 7.15. The number of methoxy groups -OCH3 is 1. The summed E-state index contributed by atoms with van der Waals surface area (Å²) in [5.41, 5.74) is 1.09. The van der Waals surface area contributed by atoms with E-state index in [1.807, 2.05) is 6.07 Å². The molecule has 0 unspecified atom stereocenters. The lowest BCUT2D eigenvalue weighted by atomic mass is 10.1. The van der Waals surface area contributed by atoms with Crippen LogP contribution in [0, 0.1) is 11.3 Å². The van der Waals surface area contributed by atoms with Crippen molar-refractivity contribution in [2.75, 3.05) is 7.11 Å². The number of benzene rings is 1. The van der Waals surface area contributed by atoms with Crippen molar-refractivity contribution in [2.45, 2.75) is 5.33 Å². The van der Waals surface area contributed by atoms with Crippen LogP contribution in [0.4, 0.5) is 0 Å². The smallest absolute Gasteiger partial charge is 0.340 e. The van der Waals surface area contributed by atoms with E-state index in [2.05, 4.69) is 20.7 Å². The molecule has 3 nitrogen and oxygen atoms in total. The minimum absolute atomic E-state index is 0.124. The molecule has 15 heavy (non-hydrogen) atoms. The summed E-state index contributed by atoms with van der Waals surface area (Å²) < 4.78 is 4.57. The second-order valence-corrected chi connectivity index (χ2v) is 3.64. The van der Waals surface area contributed by atoms with E-state index >= 15 is 0 Å². The van der Waals surface area contributed by atoms with Crippen molar-refractivity contribution in [2.24, 2.45) is 0 Å². The molecular formula is C10H7BrClNO2. The van der Waals surface area contributed by atoms with Gasteiger partial charge in [-0.2, -0.15) is 5.26 Å². The predicted molar refractivity (Wildman–Crippen MR) is 60.1 cm³/mol. The van der Waals surface area contributed by atoms with Gasteiger partial charge in [-0.15, -0.1) is 0 Å². The Kier molecular flexibility index (Phi) is 4.13. The SMILES string of the molecule is COC(=O)c1c(C#N)ccc(CBr)c1Cl. The lowest BCUT2D eigenvalue weighted by Gasteiger charge is -2.07. The third-order valence-corrected chi connectivity index (χ3v) is 2.91. The van der Waals surface area contributed by atoms with E-state index in [1.165, 1.54) is 7.11 Å². The van der Waals surface area contributed by atoms with Gasteiger partial charge in [-0.05, 0) is 11.6 Å². The molecule has 0 N–H and O–H groups in total. The third-order valence-electron chi connectivity index (χ3n) is 1.88. The molecule has 0 aliphatic heterocycles. The van der Waals surface area contributed by atoms with Crippen molar-refractivity contribution in [1.29, 1.82) is 5.26 Å². The van der Waals surface area contributed by atoms with Crippen molar-refractivity contribution < 1.29 is 9.53 Å². The number of carbonyl (C=O) groups excluding carboxylic acids is 1. The zero-order valence-electron chi connectivity index (χ0n) is 7.88. The van der Waals surface area contributed by atoms with Crippen molar-refractivity contribution in [3.63, 3.8) is 0 Å². The van der Waals surface area contributed by atoms with Gasteiger partial charge < -0.3 is 4.74 Å². The Hall–Kier alpha value is -1.05. The third kappa shape index (κ3) is 2.31. The van der Waals surface area contributed by atoms with Gasteiger partial charge in [-0.25, -0.2) is 4.79 Å². The van der Waals surface area contributed by atoms with Gasteiger partial charge in [0.2, 0.25) is 0 Å². The first kappa shape index (κ1) is 12.0. The summed E-state index contributed by atoms with van der Waals surface area (Å²) in [7, 11) is 1.25. The summed E-state index contributed by atoms with van der Waals surface area (Å²) in [4.78, 5) is 11.4. The van der Waals surface area contributed by atoms with E-state index in [4.69, 9.17) is 16.9 Å². The number of nitrogens with zero attached hydrogens (tertiary/aromatic N) is 1. The summed E-state index contributed by atoms with van der Waals surface area (Å²) in [5, 5.41) is 9.60. The topological polar surface area (TPSA) is 50.1 Å². The number of nitriles is 1. The summed E-state index contributed by atoms with van der Waals surface area (Å²) in [5.74, 6) is -0.598. The Morgan fingerprint density at radius 2 is 2.33 bits per heavy atom. The molecule has 1 aromatic carbocycles. The van der Waals surface area contributed by atoms with Crippen LogP contribution in [0.2, 0.25) is 5.02 Å². The number of ether oxygens (including phenoxy) is 1. The van der Waals surface area contributed by atoms with Gasteiger partial charge in [0.15, 0.2) is 0 Å². The molecule has 0 aliphatic rings. The zero-order chi connectivity index (χ0) is 11.4. The van der Waals surface area contributed by atoms with Crippen LogP contribution in [0.3, 0.4) is 0 Å². The Balaban J connectivity index is 3.44. The highest BCUT2D eigenvalue weighted by Gasteiger charge is 2.18. The van der Waals surface area contributed by atoms with E-state index in [9.17, 15) is 4.79 Å². The lowest BCUT2D eigenvalue weighted by molar-refractivity contribution is 0.0600. The molecule has 0 aliphatic carbocycles. The van der Waals surface area contributed by atoms with Crippen LogP contribution >= 0.6 is 27.5 Å². The fourth-order valence-corrected chi connectivity index (χ4v) is 2.05. The fraction of sp³-hybridized carbons (Fsp3) is 0.200. The van der Waals surface area contributed by atoms with Gasteiger partial charge >= 0.3 is 5.97 Å². The highest BCUT2D eigenvalue weighted by Crippen LogP contribution is 2.26. The molecule has 78 valence electrons. The molecular weight excluding hydrogens is 281 g/mol. The first-order valence-electron chi connectivity index (χ1n) is 4.01. The molecule has 1 aromatic rings. The molecule has 1 rings (SSSR count). The van der Waals surface area contributed by atoms with Crippen molar-refractivity contribution in [3.05, 3.63) is 33.8 Å². The van der Waals surface area contributed by atoms with Crippen LogP contribution in [0.5, 0.6) is 0 Å². The molecule has 0 bridgehead atoms. The molecule has 0 amide bonds. The number of rotatable bonds is 2. The highest BCUT2D eigenvalue weighted by molar-refractivity contribution is 9.08. The van der Waals surface area contributed by atoms with Crippen molar-refractivity contribution >= 4 is 33.5 Å².